The molecule has 18 heavy (non-hydrogen) atoms. The summed E-state index contributed by atoms with van der Waals surface area (Å²) in [5, 5.41) is 7.71. The molecule has 0 fully saturated rings. The van der Waals surface area contributed by atoms with Crippen LogP contribution in [0.15, 0.2) is 42.6 Å². The minimum absolute atomic E-state index is 0.554. The largest absolute Gasteiger partial charge is 0.319 e. The van der Waals surface area contributed by atoms with Crippen molar-refractivity contribution < 1.29 is 0 Å². The van der Waals surface area contributed by atoms with Gasteiger partial charge in [-0.05, 0) is 37.4 Å². The molecule has 1 aromatic carbocycles. The Morgan fingerprint density at radius 3 is 2.61 bits per heavy atom. The summed E-state index contributed by atoms with van der Waals surface area (Å²) in [5.74, 6) is 0.554. The van der Waals surface area contributed by atoms with Gasteiger partial charge < -0.3 is 5.32 Å². The monoisotopic (exact) mass is 243 g/mol. The highest BCUT2D eigenvalue weighted by Crippen LogP contribution is 2.20. The number of hydrogen-bond donors (Lipinski definition) is 1. The van der Waals surface area contributed by atoms with Crippen LogP contribution in [0.1, 0.15) is 23.6 Å². The molecule has 0 aliphatic heterocycles. The number of aromatic nitrogens is 2. The van der Waals surface area contributed by atoms with E-state index >= 15 is 0 Å². The zero-order valence-electron chi connectivity index (χ0n) is 11.1. The molecule has 2 aromatic rings. The van der Waals surface area contributed by atoms with Crippen LogP contribution in [0.25, 0.3) is 0 Å². The minimum atomic E-state index is 0.554. The molecular weight excluding hydrogens is 222 g/mol. The number of rotatable bonds is 6. The first-order valence-corrected chi connectivity index (χ1v) is 6.47. The number of nitrogens with zero attached hydrogens (tertiary/aromatic N) is 2. The van der Waals surface area contributed by atoms with Gasteiger partial charge in [-0.2, -0.15) is 5.10 Å². The molecule has 0 aliphatic rings. The molecule has 0 bridgehead atoms. The second-order valence-electron chi connectivity index (χ2n) is 4.68. The molecule has 0 saturated carbocycles. The van der Waals surface area contributed by atoms with Crippen molar-refractivity contribution >= 4 is 0 Å². The maximum atomic E-state index is 4.43. The van der Waals surface area contributed by atoms with Gasteiger partial charge in [0.2, 0.25) is 0 Å². The van der Waals surface area contributed by atoms with Crippen LogP contribution in [0, 0.1) is 0 Å². The standard InChI is InChI=1S/C15H21N3/c1-16-12-14(13-6-4-3-5-7-13)8-9-15-10-11-18(2)17-15/h3-7,10-11,14,16H,8-9,12H2,1-2H3. The molecular formula is C15H21N3. The van der Waals surface area contributed by atoms with E-state index in [0.717, 1.165) is 19.4 Å². The van der Waals surface area contributed by atoms with E-state index in [2.05, 4.69) is 46.8 Å². The van der Waals surface area contributed by atoms with E-state index in [1.54, 1.807) is 0 Å². The minimum Gasteiger partial charge on any atom is -0.319 e. The summed E-state index contributed by atoms with van der Waals surface area (Å²) in [6.07, 6.45) is 4.16. The van der Waals surface area contributed by atoms with Crippen molar-refractivity contribution in [1.29, 1.82) is 0 Å². The third kappa shape index (κ3) is 3.44. The molecule has 0 aliphatic carbocycles. The first-order valence-electron chi connectivity index (χ1n) is 6.47. The van der Waals surface area contributed by atoms with Crippen LogP contribution in [0.2, 0.25) is 0 Å². The van der Waals surface area contributed by atoms with Crippen LogP contribution < -0.4 is 5.32 Å². The normalized spacial score (nSPS) is 12.6. The Labute approximate surface area is 109 Å². The number of hydrogen-bond acceptors (Lipinski definition) is 2. The predicted octanol–water partition coefficient (Wildman–Crippen LogP) is 2.36. The van der Waals surface area contributed by atoms with E-state index in [4.69, 9.17) is 0 Å². The maximum Gasteiger partial charge on any atom is 0.0624 e. The quantitative estimate of drug-likeness (QED) is 0.844. The third-order valence-corrected chi connectivity index (χ3v) is 3.24. The Morgan fingerprint density at radius 1 is 1.22 bits per heavy atom. The van der Waals surface area contributed by atoms with Crippen LogP contribution in [0.5, 0.6) is 0 Å². The van der Waals surface area contributed by atoms with Gasteiger partial charge in [0.1, 0.15) is 0 Å². The van der Waals surface area contributed by atoms with Gasteiger partial charge in [-0.1, -0.05) is 30.3 Å². The van der Waals surface area contributed by atoms with Crippen molar-refractivity contribution in [2.45, 2.75) is 18.8 Å². The SMILES string of the molecule is CNCC(CCc1ccn(C)n1)c1ccccc1. The number of benzene rings is 1. The Morgan fingerprint density at radius 2 is 2.00 bits per heavy atom. The zero-order chi connectivity index (χ0) is 12.8. The zero-order valence-corrected chi connectivity index (χ0v) is 11.1. The van der Waals surface area contributed by atoms with Crippen LogP contribution in [-0.2, 0) is 13.5 Å². The van der Waals surface area contributed by atoms with Gasteiger partial charge in [0.25, 0.3) is 0 Å². The molecule has 0 radical (unpaired) electrons. The van der Waals surface area contributed by atoms with E-state index < -0.39 is 0 Å². The molecule has 1 N–H and O–H groups in total. The van der Waals surface area contributed by atoms with Crippen LogP contribution in [0.3, 0.4) is 0 Å². The van der Waals surface area contributed by atoms with Gasteiger partial charge >= 0.3 is 0 Å². The summed E-state index contributed by atoms with van der Waals surface area (Å²) in [6, 6.07) is 12.8. The van der Waals surface area contributed by atoms with Crippen LogP contribution >= 0.6 is 0 Å². The Bertz CT molecular complexity index is 462. The van der Waals surface area contributed by atoms with Crippen molar-refractivity contribution in [3.63, 3.8) is 0 Å². The first-order chi connectivity index (χ1) is 8.79. The van der Waals surface area contributed by atoms with Gasteiger partial charge in [0, 0.05) is 19.8 Å². The van der Waals surface area contributed by atoms with E-state index in [9.17, 15) is 0 Å². The molecule has 3 heteroatoms. The van der Waals surface area contributed by atoms with Crippen molar-refractivity contribution in [3.05, 3.63) is 53.9 Å². The summed E-state index contributed by atoms with van der Waals surface area (Å²) in [4.78, 5) is 0. The summed E-state index contributed by atoms with van der Waals surface area (Å²) < 4.78 is 1.87. The fourth-order valence-corrected chi connectivity index (χ4v) is 2.28. The molecule has 1 aromatic heterocycles. The third-order valence-electron chi connectivity index (χ3n) is 3.24. The lowest BCUT2D eigenvalue weighted by Crippen LogP contribution is -2.18. The van der Waals surface area contributed by atoms with E-state index in [1.165, 1.54) is 11.3 Å². The second-order valence-corrected chi connectivity index (χ2v) is 4.68. The number of aryl methyl sites for hydroxylation is 2. The summed E-state index contributed by atoms with van der Waals surface area (Å²) in [7, 11) is 3.97. The topological polar surface area (TPSA) is 29.9 Å². The Hall–Kier alpha value is -1.61. The molecule has 2 rings (SSSR count). The molecule has 96 valence electrons. The molecule has 1 heterocycles. The maximum absolute atomic E-state index is 4.43. The predicted molar refractivity (Wildman–Crippen MR) is 74.6 cm³/mol. The van der Waals surface area contributed by atoms with Crippen molar-refractivity contribution in [1.82, 2.24) is 15.1 Å². The molecule has 0 saturated heterocycles. The van der Waals surface area contributed by atoms with Crippen molar-refractivity contribution in [3.8, 4) is 0 Å². The lowest BCUT2D eigenvalue weighted by atomic mass is 9.93. The van der Waals surface area contributed by atoms with E-state index in [0.29, 0.717) is 5.92 Å². The average molecular weight is 243 g/mol. The smallest absolute Gasteiger partial charge is 0.0624 e. The van der Waals surface area contributed by atoms with Crippen LogP contribution in [0.4, 0.5) is 0 Å². The summed E-state index contributed by atoms with van der Waals surface area (Å²) in [6.45, 7) is 1.01. The van der Waals surface area contributed by atoms with Crippen molar-refractivity contribution in [2.24, 2.45) is 7.05 Å². The van der Waals surface area contributed by atoms with Gasteiger partial charge in [0.05, 0.1) is 5.69 Å². The van der Waals surface area contributed by atoms with Crippen LogP contribution in [-0.4, -0.2) is 23.4 Å². The van der Waals surface area contributed by atoms with Gasteiger partial charge in [-0.25, -0.2) is 0 Å². The van der Waals surface area contributed by atoms with Gasteiger partial charge in [0.15, 0.2) is 0 Å². The van der Waals surface area contributed by atoms with Crippen molar-refractivity contribution in [2.75, 3.05) is 13.6 Å². The summed E-state index contributed by atoms with van der Waals surface area (Å²) in [5.41, 5.74) is 2.58. The van der Waals surface area contributed by atoms with E-state index in [-0.39, 0.29) is 0 Å². The first kappa shape index (κ1) is 12.8. The number of likely N-dealkylation sites (N-methyl/N-ethyl adjacent to an activating group) is 1. The Kier molecular flexibility index (Phi) is 4.53. The molecule has 1 atom stereocenters. The number of nitrogens with one attached hydrogen (secondary N) is 1. The fourth-order valence-electron chi connectivity index (χ4n) is 2.28. The van der Waals surface area contributed by atoms with E-state index in [1.807, 2.05) is 25.0 Å². The van der Waals surface area contributed by atoms with Gasteiger partial charge in [-0.15, -0.1) is 0 Å². The lowest BCUT2D eigenvalue weighted by Gasteiger charge is -2.16. The van der Waals surface area contributed by atoms with Gasteiger partial charge in [-0.3, -0.25) is 4.68 Å². The highest BCUT2D eigenvalue weighted by molar-refractivity contribution is 5.20. The molecule has 0 amide bonds. The fraction of sp³-hybridized carbons (Fsp3) is 0.400. The molecule has 0 spiro atoms. The molecule has 3 nitrogen and oxygen atoms in total. The molecule has 1 unspecified atom stereocenters. The Balaban J connectivity index is 1.98. The average Bonchev–Trinajstić information content (AvgIpc) is 2.81. The lowest BCUT2D eigenvalue weighted by molar-refractivity contribution is 0.576. The summed E-state index contributed by atoms with van der Waals surface area (Å²) >= 11 is 0. The highest BCUT2D eigenvalue weighted by Gasteiger charge is 2.11. The second kappa shape index (κ2) is 6.36. The highest BCUT2D eigenvalue weighted by atomic mass is 15.2.